The van der Waals surface area contributed by atoms with Crippen molar-refractivity contribution in [2.24, 2.45) is 5.73 Å². The van der Waals surface area contributed by atoms with Crippen molar-refractivity contribution in [2.75, 3.05) is 5.32 Å². The molecule has 0 bridgehead atoms. The zero-order valence-corrected chi connectivity index (χ0v) is 9.09. The molecule has 3 N–H and O–H groups in total. The van der Waals surface area contributed by atoms with Gasteiger partial charge in [0.25, 0.3) is 0 Å². The van der Waals surface area contributed by atoms with Crippen LogP contribution in [0.15, 0.2) is 12.1 Å². The molecule has 0 amide bonds. The van der Waals surface area contributed by atoms with Gasteiger partial charge >= 0.3 is 0 Å². The Balaban J connectivity index is 3.17. The number of nitrogens with one attached hydrogen (secondary N) is 1. The first-order chi connectivity index (χ1) is 6.02. The van der Waals surface area contributed by atoms with Gasteiger partial charge in [-0.3, -0.25) is 0 Å². The first-order valence-corrected chi connectivity index (χ1v) is 4.63. The van der Waals surface area contributed by atoms with Crippen molar-refractivity contribution in [3.63, 3.8) is 0 Å². The number of hydrogen-bond donors (Lipinski definition) is 2. The molecule has 4 heteroatoms. The maximum absolute atomic E-state index is 5.95. The molecule has 0 aliphatic carbocycles. The molecule has 0 atom stereocenters. The highest BCUT2D eigenvalue weighted by atomic mass is 35.5. The molecule has 0 unspecified atom stereocenters. The number of rotatable bonds is 1. The number of hydrogen-bond acceptors (Lipinski definition) is 1. The summed E-state index contributed by atoms with van der Waals surface area (Å²) in [6.07, 6.45) is 0. The SMILES string of the molecule is Cc1ccc(Cl)c(C)c1NC(N)=S. The molecule has 1 aromatic rings. The summed E-state index contributed by atoms with van der Waals surface area (Å²) in [6.45, 7) is 3.90. The van der Waals surface area contributed by atoms with Crippen LogP contribution in [0.3, 0.4) is 0 Å². The van der Waals surface area contributed by atoms with Crippen molar-refractivity contribution < 1.29 is 0 Å². The van der Waals surface area contributed by atoms with Gasteiger partial charge in [0.2, 0.25) is 0 Å². The zero-order chi connectivity index (χ0) is 10.0. The van der Waals surface area contributed by atoms with Gasteiger partial charge in [-0.15, -0.1) is 0 Å². The van der Waals surface area contributed by atoms with E-state index < -0.39 is 0 Å². The van der Waals surface area contributed by atoms with Crippen LogP contribution in [0.1, 0.15) is 11.1 Å². The summed E-state index contributed by atoms with van der Waals surface area (Å²) < 4.78 is 0. The van der Waals surface area contributed by atoms with E-state index in [0.717, 1.165) is 16.8 Å². The van der Waals surface area contributed by atoms with Crippen LogP contribution >= 0.6 is 23.8 Å². The third kappa shape index (κ3) is 2.32. The van der Waals surface area contributed by atoms with Crippen molar-refractivity contribution in [1.29, 1.82) is 0 Å². The van der Waals surface area contributed by atoms with Gasteiger partial charge in [0, 0.05) is 10.7 Å². The van der Waals surface area contributed by atoms with Crippen LogP contribution < -0.4 is 11.1 Å². The van der Waals surface area contributed by atoms with E-state index in [1.807, 2.05) is 26.0 Å². The van der Waals surface area contributed by atoms with Gasteiger partial charge in [-0.2, -0.15) is 0 Å². The first-order valence-electron chi connectivity index (χ1n) is 3.84. The predicted octanol–water partition coefficient (Wildman–Crippen LogP) is 2.61. The molecule has 13 heavy (non-hydrogen) atoms. The van der Waals surface area contributed by atoms with Crippen LogP contribution in [0.4, 0.5) is 5.69 Å². The minimum absolute atomic E-state index is 0.258. The number of anilines is 1. The fourth-order valence-electron chi connectivity index (χ4n) is 1.14. The second-order valence-electron chi connectivity index (χ2n) is 2.85. The molecule has 0 aliphatic rings. The molecule has 0 aromatic heterocycles. The monoisotopic (exact) mass is 214 g/mol. The van der Waals surface area contributed by atoms with E-state index in [4.69, 9.17) is 29.6 Å². The summed E-state index contributed by atoms with van der Waals surface area (Å²) in [5.74, 6) is 0. The zero-order valence-electron chi connectivity index (χ0n) is 7.52. The fourth-order valence-corrected chi connectivity index (χ4v) is 1.40. The summed E-state index contributed by atoms with van der Waals surface area (Å²) in [4.78, 5) is 0. The smallest absolute Gasteiger partial charge is 0.168 e. The Hall–Kier alpha value is -0.800. The summed E-state index contributed by atoms with van der Waals surface area (Å²) in [6, 6.07) is 3.78. The summed E-state index contributed by atoms with van der Waals surface area (Å²) in [5, 5.41) is 3.88. The van der Waals surface area contributed by atoms with E-state index in [1.54, 1.807) is 0 Å². The Morgan fingerprint density at radius 3 is 2.62 bits per heavy atom. The van der Waals surface area contributed by atoms with E-state index >= 15 is 0 Å². The Labute approximate surface area is 88.1 Å². The number of halogens is 1. The lowest BCUT2D eigenvalue weighted by Crippen LogP contribution is -2.20. The van der Waals surface area contributed by atoms with Gasteiger partial charge in [-0.1, -0.05) is 17.7 Å². The number of nitrogens with two attached hydrogens (primary N) is 1. The van der Waals surface area contributed by atoms with E-state index in [-0.39, 0.29) is 5.11 Å². The van der Waals surface area contributed by atoms with Gasteiger partial charge < -0.3 is 11.1 Å². The molecular weight excluding hydrogens is 204 g/mol. The van der Waals surface area contributed by atoms with Gasteiger partial charge in [-0.05, 0) is 43.3 Å². The largest absolute Gasteiger partial charge is 0.376 e. The molecular formula is C9H11ClN2S. The molecule has 1 rings (SSSR count). The van der Waals surface area contributed by atoms with Gasteiger partial charge in [0.15, 0.2) is 5.11 Å². The molecule has 0 fully saturated rings. The minimum atomic E-state index is 0.258. The third-order valence-electron chi connectivity index (χ3n) is 1.86. The Morgan fingerprint density at radius 2 is 2.08 bits per heavy atom. The standard InChI is InChI=1S/C9H11ClN2S/c1-5-3-4-7(10)6(2)8(5)12-9(11)13/h3-4H,1-2H3,(H3,11,12,13). The number of thiocarbonyl (C=S) groups is 1. The third-order valence-corrected chi connectivity index (χ3v) is 2.37. The number of aryl methyl sites for hydroxylation is 1. The van der Waals surface area contributed by atoms with Crippen LogP contribution in [-0.4, -0.2) is 5.11 Å². The average Bonchev–Trinajstić information content (AvgIpc) is 2.05. The van der Waals surface area contributed by atoms with Crippen molar-refractivity contribution >= 4 is 34.6 Å². The quantitative estimate of drug-likeness (QED) is 0.706. The van der Waals surface area contributed by atoms with Gasteiger partial charge in [-0.25, -0.2) is 0 Å². The van der Waals surface area contributed by atoms with Gasteiger partial charge in [0.05, 0.1) is 0 Å². The molecule has 1 aromatic carbocycles. The van der Waals surface area contributed by atoms with Crippen molar-refractivity contribution in [3.8, 4) is 0 Å². The second-order valence-corrected chi connectivity index (χ2v) is 3.70. The van der Waals surface area contributed by atoms with Crippen LogP contribution in [-0.2, 0) is 0 Å². The summed E-state index contributed by atoms with van der Waals surface area (Å²) >= 11 is 10.7. The fraction of sp³-hybridized carbons (Fsp3) is 0.222. The average molecular weight is 215 g/mol. The lowest BCUT2D eigenvalue weighted by molar-refractivity contribution is 1.37. The molecule has 0 heterocycles. The van der Waals surface area contributed by atoms with E-state index in [9.17, 15) is 0 Å². The lowest BCUT2D eigenvalue weighted by atomic mass is 10.1. The minimum Gasteiger partial charge on any atom is -0.376 e. The normalized spacial score (nSPS) is 9.77. The highest BCUT2D eigenvalue weighted by molar-refractivity contribution is 7.80. The first kappa shape index (κ1) is 10.3. The maximum atomic E-state index is 5.95. The Bertz CT molecular complexity index is 350. The van der Waals surface area contributed by atoms with Crippen LogP contribution in [0.25, 0.3) is 0 Å². The van der Waals surface area contributed by atoms with Crippen molar-refractivity contribution in [3.05, 3.63) is 28.3 Å². The van der Waals surface area contributed by atoms with E-state index in [2.05, 4.69) is 5.32 Å². The molecule has 0 spiro atoms. The molecule has 0 aliphatic heterocycles. The van der Waals surface area contributed by atoms with Crippen molar-refractivity contribution in [1.82, 2.24) is 0 Å². The Kier molecular flexibility index (Phi) is 3.12. The topological polar surface area (TPSA) is 38.0 Å². The molecule has 0 saturated carbocycles. The lowest BCUT2D eigenvalue weighted by Gasteiger charge is -2.11. The second kappa shape index (κ2) is 3.94. The van der Waals surface area contributed by atoms with Gasteiger partial charge in [0.1, 0.15) is 0 Å². The van der Waals surface area contributed by atoms with Crippen LogP contribution in [0, 0.1) is 13.8 Å². The molecule has 0 radical (unpaired) electrons. The highest BCUT2D eigenvalue weighted by Crippen LogP contribution is 2.26. The Morgan fingerprint density at radius 1 is 1.46 bits per heavy atom. The number of benzene rings is 1. The van der Waals surface area contributed by atoms with Crippen LogP contribution in [0.2, 0.25) is 5.02 Å². The molecule has 2 nitrogen and oxygen atoms in total. The summed E-state index contributed by atoms with van der Waals surface area (Å²) in [5.41, 5.74) is 8.34. The van der Waals surface area contributed by atoms with E-state index in [1.165, 1.54) is 0 Å². The highest BCUT2D eigenvalue weighted by Gasteiger charge is 2.05. The van der Waals surface area contributed by atoms with E-state index in [0.29, 0.717) is 5.02 Å². The van der Waals surface area contributed by atoms with Crippen LogP contribution in [0.5, 0.6) is 0 Å². The maximum Gasteiger partial charge on any atom is 0.168 e. The predicted molar refractivity (Wildman–Crippen MR) is 61.3 cm³/mol. The molecule has 70 valence electrons. The summed E-state index contributed by atoms with van der Waals surface area (Å²) in [7, 11) is 0. The van der Waals surface area contributed by atoms with Crippen molar-refractivity contribution in [2.45, 2.75) is 13.8 Å². The molecule has 0 saturated heterocycles.